The number of epoxide rings is 1. The fourth-order valence-corrected chi connectivity index (χ4v) is 0.719. The number of aliphatic hydroxyl groups is 1. The minimum atomic E-state index is 0.326. The molecule has 0 aromatic rings. The molecule has 0 aromatic carbocycles. The van der Waals surface area contributed by atoms with Crippen molar-refractivity contribution in [1.82, 2.24) is 0 Å². The van der Waals surface area contributed by atoms with Gasteiger partial charge in [-0.25, -0.2) is 0 Å². The molecule has 1 rings (SSSR count). The minimum absolute atomic E-state index is 0.326. The molecule has 1 saturated heterocycles. The van der Waals surface area contributed by atoms with Gasteiger partial charge in [-0.05, 0) is 19.3 Å². The van der Waals surface area contributed by atoms with E-state index in [0.717, 1.165) is 25.9 Å². The van der Waals surface area contributed by atoms with Gasteiger partial charge >= 0.3 is 0 Å². The highest BCUT2D eigenvalue weighted by atomic mass is 16.6. The molecular weight excluding hydrogens is 104 g/mol. The summed E-state index contributed by atoms with van der Waals surface area (Å²) in [5.41, 5.74) is 0. The lowest BCUT2D eigenvalue weighted by Crippen LogP contribution is -1.87. The Morgan fingerprint density at radius 1 is 1.50 bits per heavy atom. The van der Waals surface area contributed by atoms with E-state index in [0.29, 0.717) is 12.7 Å². The average Bonchev–Trinajstić information content (AvgIpc) is 2.51. The van der Waals surface area contributed by atoms with Crippen LogP contribution in [0.3, 0.4) is 0 Å². The molecule has 1 fully saturated rings. The number of unbranched alkanes of at least 4 members (excludes halogenated alkanes) is 1. The lowest BCUT2D eigenvalue weighted by molar-refractivity contribution is 0.279. The van der Waals surface area contributed by atoms with Crippen LogP contribution in [-0.2, 0) is 4.74 Å². The maximum atomic E-state index is 8.36. The van der Waals surface area contributed by atoms with E-state index in [2.05, 4.69) is 0 Å². The quantitative estimate of drug-likeness (QED) is 0.429. The molecule has 2 nitrogen and oxygen atoms in total. The molecule has 0 aliphatic carbocycles. The summed E-state index contributed by atoms with van der Waals surface area (Å²) in [6, 6.07) is 0. The monoisotopic (exact) mass is 116 g/mol. The molecule has 0 aromatic heterocycles. The number of ether oxygens (including phenoxy) is 1. The van der Waals surface area contributed by atoms with Crippen LogP contribution in [-0.4, -0.2) is 24.4 Å². The molecular formula is C6H12O2. The van der Waals surface area contributed by atoms with Gasteiger partial charge in [-0.3, -0.25) is 0 Å². The van der Waals surface area contributed by atoms with Crippen LogP contribution in [0.15, 0.2) is 0 Å². The van der Waals surface area contributed by atoms with Crippen LogP contribution in [0.2, 0.25) is 0 Å². The van der Waals surface area contributed by atoms with Crippen molar-refractivity contribution in [3.63, 3.8) is 0 Å². The normalized spacial score (nSPS) is 25.9. The summed E-state index contributed by atoms with van der Waals surface area (Å²) in [4.78, 5) is 0. The predicted molar refractivity (Wildman–Crippen MR) is 30.7 cm³/mol. The zero-order valence-corrected chi connectivity index (χ0v) is 4.97. The second-order valence-corrected chi connectivity index (χ2v) is 2.17. The number of hydrogen-bond donors (Lipinski definition) is 1. The Balaban J connectivity index is 1.74. The summed E-state index contributed by atoms with van der Waals surface area (Å²) >= 11 is 0. The van der Waals surface area contributed by atoms with Crippen molar-refractivity contribution in [2.75, 3.05) is 13.2 Å². The van der Waals surface area contributed by atoms with Crippen LogP contribution in [0, 0.1) is 0 Å². The van der Waals surface area contributed by atoms with E-state index in [1.807, 2.05) is 0 Å². The summed E-state index contributed by atoms with van der Waals surface area (Å²) in [6.45, 7) is 1.28. The molecule has 2 heteroatoms. The standard InChI is InChI=1S/C6H12O2/c7-4-2-1-3-6-5-8-6/h6-7H,1-5H2/t6-/m0/s1. The number of hydrogen-bond acceptors (Lipinski definition) is 2. The molecule has 1 atom stereocenters. The Bertz CT molecular complexity index is 59.5. The van der Waals surface area contributed by atoms with Crippen molar-refractivity contribution in [3.05, 3.63) is 0 Å². The van der Waals surface area contributed by atoms with Gasteiger partial charge in [-0.2, -0.15) is 0 Å². The van der Waals surface area contributed by atoms with E-state index < -0.39 is 0 Å². The third-order valence-corrected chi connectivity index (χ3v) is 1.34. The van der Waals surface area contributed by atoms with Crippen molar-refractivity contribution in [1.29, 1.82) is 0 Å². The van der Waals surface area contributed by atoms with E-state index in [-0.39, 0.29) is 0 Å². The maximum absolute atomic E-state index is 8.36. The Morgan fingerprint density at radius 2 is 2.25 bits per heavy atom. The zero-order chi connectivity index (χ0) is 5.82. The van der Waals surface area contributed by atoms with Crippen LogP contribution >= 0.6 is 0 Å². The largest absolute Gasteiger partial charge is 0.396 e. The molecule has 0 radical (unpaired) electrons. The van der Waals surface area contributed by atoms with Crippen molar-refractivity contribution in [2.24, 2.45) is 0 Å². The molecule has 0 saturated carbocycles. The van der Waals surface area contributed by atoms with Gasteiger partial charge in [0, 0.05) is 6.61 Å². The first-order valence-corrected chi connectivity index (χ1v) is 3.16. The van der Waals surface area contributed by atoms with Gasteiger partial charge in [0.1, 0.15) is 0 Å². The third-order valence-electron chi connectivity index (χ3n) is 1.34. The van der Waals surface area contributed by atoms with Crippen molar-refractivity contribution < 1.29 is 9.84 Å². The number of rotatable bonds is 4. The van der Waals surface area contributed by atoms with E-state index in [1.54, 1.807) is 0 Å². The maximum Gasteiger partial charge on any atom is 0.0810 e. The average molecular weight is 116 g/mol. The van der Waals surface area contributed by atoms with Gasteiger partial charge < -0.3 is 9.84 Å². The van der Waals surface area contributed by atoms with E-state index >= 15 is 0 Å². The highest BCUT2D eigenvalue weighted by Crippen LogP contribution is 2.15. The SMILES string of the molecule is OCCCC[C@H]1CO1. The summed E-state index contributed by atoms with van der Waals surface area (Å²) in [6.07, 6.45) is 3.73. The second-order valence-electron chi connectivity index (χ2n) is 2.17. The lowest BCUT2D eigenvalue weighted by atomic mass is 10.2. The van der Waals surface area contributed by atoms with Crippen molar-refractivity contribution in [3.8, 4) is 0 Å². The smallest absolute Gasteiger partial charge is 0.0810 e. The van der Waals surface area contributed by atoms with Crippen LogP contribution in [0.25, 0.3) is 0 Å². The van der Waals surface area contributed by atoms with Crippen LogP contribution < -0.4 is 0 Å². The van der Waals surface area contributed by atoms with Crippen LogP contribution in [0.5, 0.6) is 0 Å². The van der Waals surface area contributed by atoms with Gasteiger partial charge in [-0.15, -0.1) is 0 Å². The fourth-order valence-electron chi connectivity index (χ4n) is 0.719. The molecule has 0 amide bonds. The van der Waals surface area contributed by atoms with E-state index in [9.17, 15) is 0 Å². The van der Waals surface area contributed by atoms with Crippen molar-refractivity contribution in [2.45, 2.75) is 25.4 Å². The third kappa shape index (κ3) is 2.28. The van der Waals surface area contributed by atoms with Gasteiger partial charge in [0.25, 0.3) is 0 Å². The molecule has 1 N–H and O–H groups in total. The van der Waals surface area contributed by atoms with E-state index in [4.69, 9.17) is 9.84 Å². The predicted octanol–water partition coefficient (Wildman–Crippen LogP) is 0.548. The molecule has 8 heavy (non-hydrogen) atoms. The molecule has 1 aliphatic heterocycles. The van der Waals surface area contributed by atoms with E-state index in [1.165, 1.54) is 0 Å². The Labute approximate surface area is 49.5 Å². The lowest BCUT2D eigenvalue weighted by Gasteiger charge is -1.90. The number of aliphatic hydroxyl groups excluding tert-OH is 1. The summed E-state index contributed by atoms with van der Waals surface area (Å²) < 4.78 is 4.97. The van der Waals surface area contributed by atoms with Gasteiger partial charge in [0.2, 0.25) is 0 Å². The molecule has 48 valence electrons. The van der Waals surface area contributed by atoms with Crippen molar-refractivity contribution >= 4 is 0 Å². The first kappa shape index (κ1) is 6.05. The minimum Gasteiger partial charge on any atom is -0.396 e. The first-order chi connectivity index (χ1) is 3.93. The zero-order valence-electron chi connectivity index (χ0n) is 4.97. The Morgan fingerprint density at radius 3 is 2.75 bits per heavy atom. The Hall–Kier alpha value is -0.0800. The van der Waals surface area contributed by atoms with Gasteiger partial charge in [0.15, 0.2) is 0 Å². The summed E-state index contributed by atoms with van der Waals surface area (Å²) in [5, 5.41) is 8.36. The van der Waals surface area contributed by atoms with Crippen LogP contribution in [0.4, 0.5) is 0 Å². The summed E-state index contributed by atoms with van der Waals surface area (Å²) in [5.74, 6) is 0. The second kappa shape index (κ2) is 3.05. The van der Waals surface area contributed by atoms with Crippen LogP contribution in [0.1, 0.15) is 19.3 Å². The van der Waals surface area contributed by atoms with Gasteiger partial charge in [-0.1, -0.05) is 0 Å². The topological polar surface area (TPSA) is 32.8 Å². The summed E-state index contributed by atoms with van der Waals surface area (Å²) in [7, 11) is 0. The Kier molecular flexibility index (Phi) is 2.30. The molecule has 1 heterocycles. The fraction of sp³-hybridized carbons (Fsp3) is 1.00. The molecule has 0 spiro atoms. The highest BCUT2D eigenvalue weighted by molar-refractivity contribution is 4.67. The molecule has 0 unspecified atom stereocenters. The molecule has 1 aliphatic rings. The van der Waals surface area contributed by atoms with Gasteiger partial charge in [0.05, 0.1) is 12.7 Å². The highest BCUT2D eigenvalue weighted by Gasteiger charge is 2.20. The first-order valence-electron chi connectivity index (χ1n) is 3.16. The molecule has 0 bridgehead atoms.